The molecule has 0 unspecified atom stereocenters. The van der Waals surface area contributed by atoms with Gasteiger partial charge in [-0.2, -0.15) is 0 Å². The van der Waals surface area contributed by atoms with Crippen LogP contribution < -0.4 is 10.1 Å². The van der Waals surface area contributed by atoms with Gasteiger partial charge >= 0.3 is 0 Å². The molecule has 0 saturated heterocycles. The molecule has 0 radical (unpaired) electrons. The van der Waals surface area contributed by atoms with E-state index in [0.29, 0.717) is 5.75 Å². The smallest absolute Gasteiger partial charge is 0.225 e. The molecule has 0 aromatic heterocycles. The lowest BCUT2D eigenvalue weighted by Crippen LogP contribution is -2.28. The average molecular weight is 322 g/mol. The van der Waals surface area contributed by atoms with Crippen molar-refractivity contribution >= 4 is 17.5 Å². The van der Waals surface area contributed by atoms with Crippen LogP contribution in [0.2, 0.25) is 5.02 Å². The third kappa shape index (κ3) is 3.77. The van der Waals surface area contributed by atoms with E-state index in [1.807, 2.05) is 31.2 Å². The first-order chi connectivity index (χ1) is 10.5. The number of halogens is 2. The Bertz CT molecular complexity index is 655. The standard InChI is InChI=1S/C17H17ClFNO2/c1-11(12-6-3-4-9-16(12)22-2)20-17(21)10-13-14(18)7-5-8-15(13)19/h3-9,11H,10H2,1-2H3,(H,20,21)/t11-/m1/s1. The first kappa shape index (κ1) is 16.3. The third-order valence-electron chi connectivity index (χ3n) is 3.38. The molecule has 0 saturated carbocycles. The van der Waals surface area contributed by atoms with E-state index < -0.39 is 5.82 Å². The van der Waals surface area contributed by atoms with Crippen LogP contribution in [0.1, 0.15) is 24.1 Å². The molecule has 1 atom stereocenters. The van der Waals surface area contributed by atoms with Gasteiger partial charge in [0.2, 0.25) is 5.91 Å². The van der Waals surface area contributed by atoms with Crippen LogP contribution in [-0.4, -0.2) is 13.0 Å². The zero-order valence-corrected chi connectivity index (χ0v) is 13.2. The average Bonchev–Trinajstić information content (AvgIpc) is 2.51. The lowest BCUT2D eigenvalue weighted by molar-refractivity contribution is -0.121. The first-order valence-corrected chi connectivity index (χ1v) is 7.26. The highest BCUT2D eigenvalue weighted by atomic mass is 35.5. The fraction of sp³-hybridized carbons (Fsp3) is 0.235. The lowest BCUT2D eigenvalue weighted by Gasteiger charge is -2.17. The normalized spacial score (nSPS) is 11.8. The first-order valence-electron chi connectivity index (χ1n) is 6.88. The predicted octanol–water partition coefficient (Wildman–Crippen LogP) is 3.91. The maximum absolute atomic E-state index is 13.7. The Balaban J connectivity index is 2.09. The highest BCUT2D eigenvalue weighted by molar-refractivity contribution is 6.31. The Morgan fingerprint density at radius 2 is 2.00 bits per heavy atom. The van der Waals surface area contributed by atoms with Crippen LogP contribution in [0.25, 0.3) is 0 Å². The van der Waals surface area contributed by atoms with Crippen LogP contribution in [0.3, 0.4) is 0 Å². The van der Waals surface area contributed by atoms with Crippen molar-refractivity contribution in [2.45, 2.75) is 19.4 Å². The molecular weight excluding hydrogens is 305 g/mol. The van der Waals surface area contributed by atoms with Gasteiger partial charge in [-0.1, -0.05) is 35.9 Å². The summed E-state index contributed by atoms with van der Waals surface area (Å²) in [6, 6.07) is 11.5. The molecule has 2 rings (SSSR count). The fourth-order valence-corrected chi connectivity index (χ4v) is 2.49. The summed E-state index contributed by atoms with van der Waals surface area (Å²) in [7, 11) is 1.58. The van der Waals surface area contributed by atoms with Crippen molar-refractivity contribution in [3.63, 3.8) is 0 Å². The monoisotopic (exact) mass is 321 g/mol. The number of rotatable bonds is 5. The summed E-state index contributed by atoms with van der Waals surface area (Å²) >= 11 is 5.93. The van der Waals surface area contributed by atoms with E-state index in [1.54, 1.807) is 13.2 Å². The van der Waals surface area contributed by atoms with Crippen molar-refractivity contribution in [3.8, 4) is 5.75 Å². The molecule has 0 heterocycles. The van der Waals surface area contributed by atoms with Gasteiger partial charge in [0.15, 0.2) is 0 Å². The van der Waals surface area contributed by atoms with Gasteiger partial charge in [-0.25, -0.2) is 4.39 Å². The number of hydrogen-bond donors (Lipinski definition) is 1. The molecule has 0 aliphatic heterocycles. The minimum atomic E-state index is -0.479. The van der Waals surface area contributed by atoms with Crippen molar-refractivity contribution in [1.29, 1.82) is 0 Å². The van der Waals surface area contributed by atoms with Crippen LogP contribution in [0.5, 0.6) is 5.75 Å². The van der Waals surface area contributed by atoms with E-state index in [-0.39, 0.29) is 29.0 Å². The summed E-state index contributed by atoms with van der Waals surface area (Å²) in [5, 5.41) is 3.08. The molecule has 0 spiro atoms. The summed E-state index contributed by atoms with van der Waals surface area (Å²) in [6.07, 6.45) is -0.106. The number of nitrogens with one attached hydrogen (secondary N) is 1. The number of amides is 1. The van der Waals surface area contributed by atoms with E-state index in [1.165, 1.54) is 12.1 Å². The lowest BCUT2D eigenvalue weighted by atomic mass is 10.1. The molecule has 0 fully saturated rings. The predicted molar refractivity (Wildman–Crippen MR) is 84.7 cm³/mol. The summed E-state index contributed by atoms with van der Waals surface area (Å²) in [4.78, 5) is 12.1. The second-order valence-corrected chi connectivity index (χ2v) is 5.32. The molecule has 0 aliphatic rings. The summed E-state index contributed by atoms with van der Waals surface area (Å²) < 4.78 is 19.0. The molecule has 2 aromatic carbocycles. The summed E-state index contributed by atoms with van der Waals surface area (Å²) in [5.41, 5.74) is 1.06. The van der Waals surface area contributed by atoms with Crippen LogP contribution in [0, 0.1) is 5.82 Å². The molecule has 0 aliphatic carbocycles. The van der Waals surface area contributed by atoms with Gasteiger partial charge in [-0.3, -0.25) is 4.79 Å². The molecule has 2 aromatic rings. The highest BCUT2D eigenvalue weighted by Gasteiger charge is 2.16. The number of carbonyl (C=O) groups excluding carboxylic acids is 1. The van der Waals surface area contributed by atoms with Gasteiger partial charge < -0.3 is 10.1 Å². The van der Waals surface area contributed by atoms with Gasteiger partial charge in [-0.05, 0) is 25.1 Å². The number of para-hydroxylation sites is 1. The SMILES string of the molecule is COc1ccccc1[C@@H](C)NC(=O)Cc1c(F)cccc1Cl. The Labute approximate surface area is 134 Å². The molecule has 1 N–H and O–H groups in total. The number of hydrogen-bond acceptors (Lipinski definition) is 2. The van der Waals surface area contributed by atoms with Gasteiger partial charge in [0.05, 0.1) is 19.6 Å². The Hall–Kier alpha value is -2.07. The van der Waals surface area contributed by atoms with Gasteiger partial charge in [0.1, 0.15) is 11.6 Å². The van der Waals surface area contributed by atoms with Crippen LogP contribution in [0.15, 0.2) is 42.5 Å². The number of ether oxygens (including phenoxy) is 1. The zero-order chi connectivity index (χ0) is 16.1. The second kappa shape index (κ2) is 7.27. The quantitative estimate of drug-likeness (QED) is 0.906. The van der Waals surface area contributed by atoms with Crippen LogP contribution >= 0.6 is 11.6 Å². The highest BCUT2D eigenvalue weighted by Crippen LogP contribution is 2.25. The van der Waals surface area contributed by atoms with Crippen molar-refractivity contribution in [3.05, 3.63) is 64.4 Å². The minimum Gasteiger partial charge on any atom is -0.496 e. The Morgan fingerprint density at radius 1 is 1.27 bits per heavy atom. The van der Waals surface area contributed by atoms with Crippen molar-refractivity contribution in [1.82, 2.24) is 5.32 Å². The van der Waals surface area contributed by atoms with Crippen molar-refractivity contribution < 1.29 is 13.9 Å². The zero-order valence-electron chi connectivity index (χ0n) is 12.4. The largest absolute Gasteiger partial charge is 0.496 e. The molecule has 1 amide bonds. The van der Waals surface area contributed by atoms with Crippen molar-refractivity contribution in [2.24, 2.45) is 0 Å². The molecule has 116 valence electrons. The van der Waals surface area contributed by atoms with Gasteiger partial charge in [-0.15, -0.1) is 0 Å². The maximum atomic E-state index is 13.7. The Morgan fingerprint density at radius 3 is 2.68 bits per heavy atom. The van der Waals surface area contributed by atoms with E-state index in [4.69, 9.17) is 16.3 Å². The summed E-state index contributed by atoms with van der Waals surface area (Å²) in [6.45, 7) is 1.85. The molecule has 5 heteroatoms. The number of benzene rings is 2. The fourth-order valence-electron chi connectivity index (χ4n) is 2.26. The van der Waals surface area contributed by atoms with Crippen LogP contribution in [-0.2, 0) is 11.2 Å². The second-order valence-electron chi connectivity index (χ2n) is 4.91. The molecule has 0 bridgehead atoms. The maximum Gasteiger partial charge on any atom is 0.225 e. The van der Waals surface area contributed by atoms with E-state index >= 15 is 0 Å². The van der Waals surface area contributed by atoms with Gasteiger partial charge in [0.25, 0.3) is 0 Å². The topological polar surface area (TPSA) is 38.3 Å². The van der Waals surface area contributed by atoms with E-state index in [9.17, 15) is 9.18 Å². The molecule has 3 nitrogen and oxygen atoms in total. The van der Waals surface area contributed by atoms with E-state index in [2.05, 4.69) is 5.32 Å². The number of carbonyl (C=O) groups is 1. The Kier molecular flexibility index (Phi) is 5.39. The molecule has 22 heavy (non-hydrogen) atoms. The van der Waals surface area contributed by atoms with E-state index in [0.717, 1.165) is 5.56 Å². The van der Waals surface area contributed by atoms with Crippen LogP contribution in [0.4, 0.5) is 4.39 Å². The molecular formula is C17H17ClFNO2. The van der Waals surface area contributed by atoms with Gasteiger partial charge in [0, 0.05) is 16.1 Å². The summed E-state index contributed by atoms with van der Waals surface area (Å²) in [5.74, 6) is -0.0859. The number of methoxy groups -OCH3 is 1. The van der Waals surface area contributed by atoms with Crippen molar-refractivity contribution in [2.75, 3.05) is 7.11 Å². The third-order valence-corrected chi connectivity index (χ3v) is 3.74. The minimum absolute atomic E-state index is 0.106.